The molecule has 0 aliphatic carbocycles. The van der Waals surface area contributed by atoms with Crippen LogP contribution in [-0.2, 0) is 9.59 Å². The van der Waals surface area contributed by atoms with E-state index >= 15 is 0 Å². The number of rotatable bonds is 10. The molecular weight excluding hydrogens is 230 g/mol. The van der Waals surface area contributed by atoms with Gasteiger partial charge >= 0.3 is 5.97 Å². The Hall–Kier alpha value is -1.06. The molecule has 1 unspecified atom stereocenters. The van der Waals surface area contributed by atoms with Crippen molar-refractivity contribution in [2.75, 3.05) is 7.05 Å². The van der Waals surface area contributed by atoms with E-state index in [-0.39, 0.29) is 5.91 Å². The van der Waals surface area contributed by atoms with Crippen molar-refractivity contribution in [3.05, 3.63) is 0 Å². The number of hydrogen-bond acceptors (Lipinski definition) is 2. The van der Waals surface area contributed by atoms with Gasteiger partial charge in [0.25, 0.3) is 0 Å². The van der Waals surface area contributed by atoms with Crippen LogP contribution in [0.15, 0.2) is 0 Å². The van der Waals surface area contributed by atoms with Gasteiger partial charge in [0, 0.05) is 14.0 Å². The maximum atomic E-state index is 11.2. The Bertz CT molecular complexity index is 253. The molecule has 0 aromatic carbocycles. The minimum atomic E-state index is -0.904. The van der Waals surface area contributed by atoms with E-state index in [0.29, 0.717) is 6.42 Å². The molecule has 106 valence electrons. The topological polar surface area (TPSA) is 57.6 Å². The van der Waals surface area contributed by atoms with Crippen LogP contribution in [0, 0.1) is 0 Å². The van der Waals surface area contributed by atoms with Crippen LogP contribution >= 0.6 is 0 Å². The number of likely N-dealkylation sites (N-methyl/N-ethyl adjacent to an activating group) is 1. The van der Waals surface area contributed by atoms with Crippen molar-refractivity contribution >= 4 is 11.9 Å². The lowest BCUT2D eigenvalue weighted by Crippen LogP contribution is -2.41. The molecule has 0 fully saturated rings. The molecule has 0 aromatic rings. The van der Waals surface area contributed by atoms with Crippen LogP contribution in [0.2, 0.25) is 0 Å². The zero-order valence-electron chi connectivity index (χ0n) is 11.9. The lowest BCUT2D eigenvalue weighted by atomic mass is 10.0. The summed E-state index contributed by atoms with van der Waals surface area (Å²) in [7, 11) is 1.56. The van der Waals surface area contributed by atoms with Crippen LogP contribution in [0.1, 0.15) is 65.2 Å². The Labute approximate surface area is 110 Å². The number of unbranched alkanes of at least 4 members (excludes halogenated alkanes) is 6. The van der Waals surface area contributed by atoms with Gasteiger partial charge in [-0.1, -0.05) is 51.9 Å². The second kappa shape index (κ2) is 9.92. The first-order valence-electron chi connectivity index (χ1n) is 6.96. The SMILES string of the molecule is CCCCCCCCCC(C(=O)O)N(C)C(C)=O. The minimum absolute atomic E-state index is 0.189. The molecule has 1 atom stereocenters. The van der Waals surface area contributed by atoms with Gasteiger partial charge in [-0.15, -0.1) is 0 Å². The van der Waals surface area contributed by atoms with Crippen molar-refractivity contribution in [1.82, 2.24) is 4.90 Å². The monoisotopic (exact) mass is 257 g/mol. The second-order valence-corrected chi connectivity index (χ2v) is 4.89. The highest BCUT2D eigenvalue weighted by atomic mass is 16.4. The number of aliphatic carboxylic acids is 1. The van der Waals surface area contributed by atoms with E-state index in [1.165, 1.54) is 37.5 Å². The van der Waals surface area contributed by atoms with Gasteiger partial charge in [0.1, 0.15) is 6.04 Å². The number of hydrogen-bond donors (Lipinski definition) is 1. The van der Waals surface area contributed by atoms with Gasteiger partial charge in [0.05, 0.1) is 0 Å². The van der Waals surface area contributed by atoms with E-state index in [2.05, 4.69) is 6.92 Å². The highest BCUT2D eigenvalue weighted by Gasteiger charge is 2.23. The molecule has 0 rings (SSSR count). The maximum absolute atomic E-state index is 11.2. The first-order chi connectivity index (χ1) is 8.50. The van der Waals surface area contributed by atoms with Crippen LogP contribution in [0.25, 0.3) is 0 Å². The predicted molar refractivity (Wildman–Crippen MR) is 72.5 cm³/mol. The van der Waals surface area contributed by atoms with Crippen molar-refractivity contribution < 1.29 is 14.7 Å². The number of carboxylic acids is 1. The Morgan fingerprint density at radius 1 is 1.06 bits per heavy atom. The van der Waals surface area contributed by atoms with Crippen molar-refractivity contribution in [2.24, 2.45) is 0 Å². The molecule has 0 saturated carbocycles. The molecule has 18 heavy (non-hydrogen) atoms. The molecule has 0 spiro atoms. The molecule has 4 heteroatoms. The molecule has 0 saturated heterocycles. The van der Waals surface area contributed by atoms with E-state index in [4.69, 9.17) is 5.11 Å². The summed E-state index contributed by atoms with van der Waals surface area (Å²) >= 11 is 0. The zero-order valence-corrected chi connectivity index (χ0v) is 11.9. The van der Waals surface area contributed by atoms with Crippen LogP contribution < -0.4 is 0 Å². The summed E-state index contributed by atoms with van der Waals surface area (Å²) in [6.07, 6.45) is 8.67. The summed E-state index contributed by atoms with van der Waals surface area (Å²) in [4.78, 5) is 23.5. The number of nitrogens with zero attached hydrogens (tertiary/aromatic N) is 1. The van der Waals surface area contributed by atoms with Crippen LogP contribution in [0.3, 0.4) is 0 Å². The number of carbonyl (C=O) groups excluding carboxylic acids is 1. The average Bonchev–Trinajstić information content (AvgIpc) is 2.31. The summed E-state index contributed by atoms with van der Waals surface area (Å²) in [5.41, 5.74) is 0. The highest BCUT2D eigenvalue weighted by Crippen LogP contribution is 2.12. The van der Waals surface area contributed by atoms with E-state index in [1.807, 2.05) is 0 Å². The maximum Gasteiger partial charge on any atom is 0.326 e. The normalized spacial score (nSPS) is 12.2. The van der Waals surface area contributed by atoms with Gasteiger partial charge < -0.3 is 10.0 Å². The molecule has 0 aliphatic heterocycles. The summed E-state index contributed by atoms with van der Waals surface area (Å²) in [5.74, 6) is -1.09. The van der Waals surface area contributed by atoms with Gasteiger partial charge in [-0.25, -0.2) is 4.79 Å². The molecule has 0 aliphatic rings. The molecule has 0 bridgehead atoms. The van der Waals surface area contributed by atoms with Gasteiger partial charge in [0.2, 0.25) is 5.91 Å². The van der Waals surface area contributed by atoms with Gasteiger partial charge in [-0.3, -0.25) is 4.79 Å². The van der Waals surface area contributed by atoms with E-state index < -0.39 is 12.0 Å². The summed E-state index contributed by atoms with van der Waals surface area (Å²) in [6.45, 7) is 3.59. The average molecular weight is 257 g/mol. The van der Waals surface area contributed by atoms with Crippen molar-refractivity contribution in [1.29, 1.82) is 0 Å². The summed E-state index contributed by atoms with van der Waals surface area (Å²) < 4.78 is 0. The Kier molecular flexibility index (Phi) is 9.33. The number of amides is 1. The van der Waals surface area contributed by atoms with Crippen LogP contribution in [0.4, 0.5) is 0 Å². The van der Waals surface area contributed by atoms with Crippen molar-refractivity contribution in [3.8, 4) is 0 Å². The van der Waals surface area contributed by atoms with Gasteiger partial charge in [0.15, 0.2) is 0 Å². The third kappa shape index (κ3) is 7.30. The minimum Gasteiger partial charge on any atom is -0.480 e. The second-order valence-electron chi connectivity index (χ2n) is 4.89. The highest BCUT2D eigenvalue weighted by molar-refractivity contribution is 5.81. The molecule has 0 aromatic heterocycles. The first kappa shape index (κ1) is 16.9. The first-order valence-corrected chi connectivity index (χ1v) is 6.96. The zero-order chi connectivity index (χ0) is 14.0. The van der Waals surface area contributed by atoms with Crippen molar-refractivity contribution in [2.45, 2.75) is 71.3 Å². The molecular formula is C14H27NO3. The predicted octanol–water partition coefficient (Wildman–Crippen LogP) is 3.06. The smallest absolute Gasteiger partial charge is 0.326 e. The fourth-order valence-electron chi connectivity index (χ4n) is 2.00. The largest absolute Gasteiger partial charge is 0.480 e. The molecule has 4 nitrogen and oxygen atoms in total. The fraction of sp³-hybridized carbons (Fsp3) is 0.857. The summed E-state index contributed by atoms with van der Waals surface area (Å²) in [6, 6.07) is -0.668. The van der Waals surface area contributed by atoms with Gasteiger partial charge in [-0.2, -0.15) is 0 Å². The molecule has 0 radical (unpaired) electrons. The standard InChI is InChI=1S/C14H27NO3/c1-4-5-6-7-8-9-10-11-13(14(17)18)15(3)12(2)16/h13H,4-11H2,1-3H3,(H,17,18). The van der Waals surface area contributed by atoms with E-state index in [1.54, 1.807) is 7.05 Å². The fourth-order valence-corrected chi connectivity index (χ4v) is 2.00. The van der Waals surface area contributed by atoms with Crippen molar-refractivity contribution in [3.63, 3.8) is 0 Å². The molecule has 0 heterocycles. The Morgan fingerprint density at radius 3 is 2.00 bits per heavy atom. The third-order valence-corrected chi connectivity index (χ3v) is 3.33. The number of carbonyl (C=O) groups is 2. The summed E-state index contributed by atoms with van der Waals surface area (Å²) in [5, 5.41) is 9.07. The Balaban J connectivity index is 3.78. The lowest BCUT2D eigenvalue weighted by Gasteiger charge is -2.23. The molecule has 1 amide bonds. The lowest BCUT2D eigenvalue weighted by molar-refractivity contribution is -0.148. The van der Waals surface area contributed by atoms with Crippen LogP contribution in [-0.4, -0.2) is 35.0 Å². The van der Waals surface area contributed by atoms with E-state index in [0.717, 1.165) is 19.3 Å². The quantitative estimate of drug-likeness (QED) is 0.612. The Morgan fingerprint density at radius 2 is 1.56 bits per heavy atom. The third-order valence-electron chi connectivity index (χ3n) is 3.33. The van der Waals surface area contributed by atoms with E-state index in [9.17, 15) is 9.59 Å². The van der Waals surface area contributed by atoms with Gasteiger partial charge in [-0.05, 0) is 6.42 Å². The number of carboxylic acid groups (broad SMARTS) is 1. The molecule has 1 N–H and O–H groups in total. The van der Waals surface area contributed by atoms with Crippen LogP contribution in [0.5, 0.6) is 0 Å².